The highest BCUT2D eigenvalue weighted by Crippen LogP contribution is 2.16. The predicted octanol–water partition coefficient (Wildman–Crippen LogP) is 3.42. The Labute approximate surface area is 105 Å². The molecule has 0 heterocycles. The van der Waals surface area contributed by atoms with Crippen LogP contribution in [-0.2, 0) is 6.42 Å². The van der Waals surface area contributed by atoms with Crippen LogP contribution < -0.4 is 4.74 Å². The number of rotatable bonds is 7. The summed E-state index contributed by atoms with van der Waals surface area (Å²) >= 11 is 0. The molecule has 1 aromatic carbocycles. The summed E-state index contributed by atoms with van der Waals surface area (Å²) in [6, 6.07) is 8.02. The van der Waals surface area contributed by atoms with Crippen molar-refractivity contribution in [3.63, 3.8) is 0 Å². The van der Waals surface area contributed by atoms with Crippen LogP contribution in [0.3, 0.4) is 0 Å². The first kappa shape index (κ1) is 14.0. The van der Waals surface area contributed by atoms with E-state index in [1.165, 1.54) is 0 Å². The fraction of sp³-hybridized carbons (Fsp3) is 0.600. The maximum atomic E-state index is 9.28. The van der Waals surface area contributed by atoms with Crippen LogP contribution in [0.15, 0.2) is 24.3 Å². The van der Waals surface area contributed by atoms with Gasteiger partial charge in [0.05, 0.1) is 12.7 Å². The second kappa shape index (κ2) is 7.33. The van der Waals surface area contributed by atoms with E-state index in [-0.39, 0.29) is 6.10 Å². The van der Waals surface area contributed by atoms with Gasteiger partial charge in [-0.15, -0.1) is 0 Å². The first-order valence-corrected chi connectivity index (χ1v) is 6.55. The number of hydrogen-bond donors (Lipinski definition) is 1. The van der Waals surface area contributed by atoms with Crippen LogP contribution in [0.2, 0.25) is 0 Å². The molecule has 0 aliphatic heterocycles. The molecule has 0 spiro atoms. The van der Waals surface area contributed by atoms with Gasteiger partial charge in [0.1, 0.15) is 5.75 Å². The predicted molar refractivity (Wildman–Crippen MR) is 71.4 cm³/mol. The van der Waals surface area contributed by atoms with E-state index in [0.717, 1.165) is 30.8 Å². The molecular formula is C15H24O2. The van der Waals surface area contributed by atoms with Crippen molar-refractivity contribution in [3.05, 3.63) is 29.8 Å². The van der Waals surface area contributed by atoms with Crippen molar-refractivity contribution in [2.45, 2.75) is 46.1 Å². The summed E-state index contributed by atoms with van der Waals surface area (Å²) in [6.07, 6.45) is 2.74. The van der Waals surface area contributed by atoms with Gasteiger partial charge < -0.3 is 9.84 Å². The zero-order valence-electron chi connectivity index (χ0n) is 11.1. The molecule has 2 heteroatoms. The molecule has 0 amide bonds. The van der Waals surface area contributed by atoms with Gasteiger partial charge in [-0.25, -0.2) is 0 Å². The zero-order chi connectivity index (χ0) is 12.7. The first-order chi connectivity index (χ1) is 8.15. The van der Waals surface area contributed by atoms with Crippen LogP contribution in [0.4, 0.5) is 0 Å². The van der Waals surface area contributed by atoms with Crippen LogP contribution in [0.25, 0.3) is 0 Å². The van der Waals surface area contributed by atoms with Crippen LogP contribution in [-0.4, -0.2) is 17.8 Å². The van der Waals surface area contributed by atoms with Crippen molar-refractivity contribution in [1.82, 2.24) is 0 Å². The molecule has 0 fully saturated rings. The van der Waals surface area contributed by atoms with E-state index in [4.69, 9.17) is 4.74 Å². The third kappa shape index (κ3) is 5.22. The van der Waals surface area contributed by atoms with E-state index >= 15 is 0 Å². The van der Waals surface area contributed by atoms with Crippen LogP contribution >= 0.6 is 0 Å². The summed E-state index contributed by atoms with van der Waals surface area (Å²) in [5.74, 6) is 1.57. The monoisotopic (exact) mass is 236 g/mol. The van der Waals surface area contributed by atoms with Gasteiger partial charge in [-0.1, -0.05) is 38.8 Å². The highest BCUT2D eigenvalue weighted by atomic mass is 16.5. The average Bonchev–Trinajstić information content (AvgIpc) is 2.32. The van der Waals surface area contributed by atoms with E-state index in [2.05, 4.69) is 13.8 Å². The van der Waals surface area contributed by atoms with Crippen LogP contribution in [0.5, 0.6) is 5.75 Å². The molecule has 0 radical (unpaired) electrons. The fourth-order valence-electron chi connectivity index (χ4n) is 1.80. The number of ether oxygens (including phenoxy) is 1. The summed E-state index contributed by atoms with van der Waals surface area (Å²) in [4.78, 5) is 0. The first-order valence-electron chi connectivity index (χ1n) is 6.55. The molecular weight excluding hydrogens is 212 g/mol. The third-order valence-electron chi connectivity index (χ3n) is 3.09. The maximum absolute atomic E-state index is 9.28. The molecule has 1 rings (SSSR count). The molecule has 1 atom stereocenters. The van der Waals surface area contributed by atoms with Crippen molar-refractivity contribution >= 4 is 0 Å². The van der Waals surface area contributed by atoms with Gasteiger partial charge >= 0.3 is 0 Å². The summed E-state index contributed by atoms with van der Waals surface area (Å²) < 4.78 is 5.75. The number of hydrogen-bond acceptors (Lipinski definition) is 2. The van der Waals surface area contributed by atoms with E-state index in [1.54, 1.807) is 6.92 Å². The topological polar surface area (TPSA) is 29.5 Å². The Hall–Kier alpha value is -1.02. The minimum atomic E-state index is -0.286. The highest BCUT2D eigenvalue weighted by molar-refractivity contribution is 5.27. The van der Waals surface area contributed by atoms with Gasteiger partial charge in [-0.3, -0.25) is 0 Å². The van der Waals surface area contributed by atoms with Gasteiger partial charge in [0, 0.05) is 0 Å². The highest BCUT2D eigenvalue weighted by Gasteiger charge is 2.04. The van der Waals surface area contributed by atoms with Gasteiger partial charge in [0.15, 0.2) is 0 Å². The lowest BCUT2D eigenvalue weighted by molar-refractivity contribution is 0.195. The summed E-state index contributed by atoms with van der Waals surface area (Å²) in [6.45, 7) is 6.99. The Morgan fingerprint density at radius 2 is 1.71 bits per heavy atom. The summed E-state index contributed by atoms with van der Waals surface area (Å²) in [5.41, 5.74) is 1.15. The molecule has 0 aliphatic rings. The van der Waals surface area contributed by atoms with Crippen molar-refractivity contribution < 1.29 is 9.84 Å². The molecule has 2 nitrogen and oxygen atoms in total. The lowest BCUT2D eigenvalue weighted by Gasteiger charge is -2.14. The van der Waals surface area contributed by atoms with Gasteiger partial charge in [0.2, 0.25) is 0 Å². The fourth-order valence-corrected chi connectivity index (χ4v) is 1.80. The van der Waals surface area contributed by atoms with Crippen LogP contribution in [0.1, 0.15) is 39.2 Å². The quantitative estimate of drug-likeness (QED) is 0.786. The van der Waals surface area contributed by atoms with E-state index in [0.29, 0.717) is 12.3 Å². The van der Waals surface area contributed by atoms with E-state index in [1.807, 2.05) is 24.3 Å². The minimum absolute atomic E-state index is 0.286. The molecule has 1 aromatic rings. The Morgan fingerprint density at radius 3 is 2.18 bits per heavy atom. The Kier molecular flexibility index (Phi) is 6.06. The summed E-state index contributed by atoms with van der Waals surface area (Å²) in [7, 11) is 0. The molecule has 17 heavy (non-hydrogen) atoms. The smallest absolute Gasteiger partial charge is 0.119 e. The van der Waals surface area contributed by atoms with Crippen molar-refractivity contribution in [2.24, 2.45) is 5.92 Å². The van der Waals surface area contributed by atoms with Gasteiger partial charge in [0.25, 0.3) is 0 Å². The molecule has 0 bridgehead atoms. The third-order valence-corrected chi connectivity index (χ3v) is 3.09. The Morgan fingerprint density at radius 1 is 1.12 bits per heavy atom. The van der Waals surface area contributed by atoms with Crippen LogP contribution in [0, 0.1) is 5.92 Å². The van der Waals surface area contributed by atoms with Crippen molar-refractivity contribution in [3.8, 4) is 5.75 Å². The second-order valence-corrected chi connectivity index (χ2v) is 4.69. The van der Waals surface area contributed by atoms with Crippen molar-refractivity contribution in [2.75, 3.05) is 6.61 Å². The van der Waals surface area contributed by atoms with E-state index in [9.17, 15) is 5.11 Å². The standard InChI is InChI=1S/C15H24O2/c1-4-13(5-2)11-17-15-8-6-14(7-9-15)10-12(3)16/h6-9,12-13,16H,4-5,10-11H2,1-3H3. The minimum Gasteiger partial charge on any atom is -0.493 e. The van der Waals surface area contributed by atoms with E-state index < -0.39 is 0 Å². The normalized spacial score (nSPS) is 12.8. The molecule has 1 unspecified atom stereocenters. The maximum Gasteiger partial charge on any atom is 0.119 e. The summed E-state index contributed by atoms with van der Waals surface area (Å²) in [5, 5.41) is 9.28. The number of aliphatic hydroxyl groups is 1. The number of aliphatic hydroxyl groups excluding tert-OH is 1. The zero-order valence-corrected chi connectivity index (χ0v) is 11.1. The second-order valence-electron chi connectivity index (χ2n) is 4.69. The molecule has 0 aliphatic carbocycles. The van der Waals surface area contributed by atoms with Gasteiger partial charge in [-0.2, -0.15) is 0 Å². The Bertz CT molecular complexity index is 299. The largest absolute Gasteiger partial charge is 0.493 e. The number of benzene rings is 1. The molecule has 0 aromatic heterocycles. The lowest BCUT2D eigenvalue weighted by atomic mass is 10.1. The molecule has 1 N–H and O–H groups in total. The van der Waals surface area contributed by atoms with Gasteiger partial charge in [-0.05, 0) is 37.0 Å². The molecule has 0 saturated heterocycles. The Balaban J connectivity index is 2.45. The SMILES string of the molecule is CCC(CC)COc1ccc(CC(C)O)cc1. The molecule has 0 saturated carbocycles. The average molecular weight is 236 g/mol. The van der Waals surface area contributed by atoms with Crippen molar-refractivity contribution in [1.29, 1.82) is 0 Å². The lowest BCUT2D eigenvalue weighted by Crippen LogP contribution is -2.10. The molecule has 96 valence electrons.